The topological polar surface area (TPSA) is 103 Å². The van der Waals surface area contributed by atoms with E-state index in [1.807, 2.05) is 6.07 Å². The van der Waals surface area contributed by atoms with E-state index in [0.717, 1.165) is 16.0 Å². The molecule has 172 valence electrons. The van der Waals surface area contributed by atoms with Gasteiger partial charge in [0.15, 0.2) is 0 Å². The van der Waals surface area contributed by atoms with Crippen molar-refractivity contribution < 1.29 is 29.6 Å². The number of aliphatic hydroxyl groups is 4. The summed E-state index contributed by atoms with van der Waals surface area (Å²) in [4.78, 5) is 4.77. The largest absolute Gasteiger partial charge is 0.394 e. The maximum absolute atomic E-state index is 13.1. The van der Waals surface area contributed by atoms with Crippen LogP contribution < -0.4 is 0 Å². The number of nitrogens with zero attached hydrogens (tertiary/aromatic N) is 1. The van der Waals surface area contributed by atoms with Crippen molar-refractivity contribution in [3.8, 4) is 0 Å². The fourth-order valence-corrected chi connectivity index (χ4v) is 5.72. The number of thioether (sulfide) groups is 1. The molecular weight excluding hydrogens is 457 g/mol. The molecule has 4 N–H and O–H groups in total. The van der Waals surface area contributed by atoms with Gasteiger partial charge in [0.05, 0.1) is 6.61 Å². The zero-order chi connectivity index (χ0) is 23.0. The van der Waals surface area contributed by atoms with Gasteiger partial charge in [-0.15, -0.1) is 11.8 Å². The standard InChI is InChI=1S/C23H25ClFNO5S/c1-11-6-18(13-3-5-19(25)26-9-13)32-17(11)8-14-7-12(2-4-15(14)24)23-22(30)21(29)20(28)16(10-27)31-23/h2-7,9,11,16-17,20-23,27-30H,8,10H2,1H3/t11?,16?,17?,20-,21?,22-,23?/m1/s1. The first-order chi connectivity index (χ1) is 15.3. The predicted molar refractivity (Wildman–Crippen MR) is 121 cm³/mol. The Morgan fingerprint density at radius 1 is 1.12 bits per heavy atom. The molecule has 4 rings (SSSR count). The summed E-state index contributed by atoms with van der Waals surface area (Å²) in [7, 11) is 0. The van der Waals surface area contributed by atoms with Crippen LogP contribution in [0.5, 0.6) is 0 Å². The van der Waals surface area contributed by atoms with Crippen LogP contribution in [0.3, 0.4) is 0 Å². The molecule has 5 unspecified atom stereocenters. The number of hydrogen-bond donors (Lipinski definition) is 4. The molecule has 0 bridgehead atoms. The molecule has 2 aliphatic rings. The number of aromatic nitrogens is 1. The Kier molecular flexibility index (Phi) is 7.21. The number of halogens is 2. The van der Waals surface area contributed by atoms with Crippen molar-refractivity contribution in [1.82, 2.24) is 4.98 Å². The number of aliphatic hydroxyl groups excluding tert-OH is 4. The van der Waals surface area contributed by atoms with E-state index in [2.05, 4.69) is 18.0 Å². The summed E-state index contributed by atoms with van der Waals surface area (Å²) in [6, 6.07) is 8.31. The molecule has 0 spiro atoms. The lowest BCUT2D eigenvalue weighted by Gasteiger charge is -2.40. The van der Waals surface area contributed by atoms with Gasteiger partial charge in [-0.25, -0.2) is 4.98 Å². The number of rotatable bonds is 5. The van der Waals surface area contributed by atoms with Crippen LogP contribution in [-0.2, 0) is 11.2 Å². The van der Waals surface area contributed by atoms with Gasteiger partial charge in [0.25, 0.3) is 0 Å². The number of allylic oxidation sites excluding steroid dienone is 1. The molecule has 1 fully saturated rings. The fourth-order valence-electron chi connectivity index (χ4n) is 4.09. The summed E-state index contributed by atoms with van der Waals surface area (Å²) in [5.41, 5.74) is 2.33. The molecule has 9 heteroatoms. The number of benzene rings is 1. The lowest BCUT2D eigenvalue weighted by atomic mass is 9.90. The maximum Gasteiger partial charge on any atom is 0.212 e. The van der Waals surface area contributed by atoms with Crippen LogP contribution in [0.2, 0.25) is 5.02 Å². The Hall–Kier alpha value is -1.52. The van der Waals surface area contributed by atoms with Crippen LogP contribution in [0.25, 0.3) is 4.91 Å². The van der Waals surface area contributed by atoms with Gasteiger partial charge in [-0.3, -0.25) is 0 Å². The highest BCUT2D eigenvalue weighted by molar-refractivity contribution is 8.09. The van der Waals surface area contributed by atoms with Gasteiger partial charge in [-0.05, 0) is 41.7 Å². The smallest absolute Gasteiger partial charge is 0.212 e. The summed E-state index contributed by atoms with van der Waals surface area (Å²) in [5, 5.41) is 40.8. The highest BCUT2D eigenvalue weighted by atomic mass is 35.5. The highest BCUT2D eigenvalue weighted by Gasteiger charge is 2.44. The molecule has 0 radical (unpaired) electrons. The third kappa shape index (κ3) is 4.72. The Morgan fingerprint density at radius 2 is 1.91 bits per heavy atom. The second-order valence-electron chi connectivity index (χ2n) is 8.22. The number of hydrogen-bond acceptors (Lipinski definition) is 7. The SMILES string of the molecule is CC1C=C(c2ccc(F)nc2)SC1Cc1cc(C2OC(CO)[C@@H](O)C(O)[C@H]2O)ccc1Cl. The van der Waals surface area contributed by atoms with E-state index in [0.29, 0.717) is 17.0 Å². The van der Waals surface area contributed by atoms with Gasteiger partial charge in [-0.1, -0.05) is 36.7 Å². The lowest BCUT2D eigenvalue weighted by Crippen LogP contribution is -2.55. The molecule has 1 aromatic heterocycles. The highest BCUT2D eigenvalue weighted by Crippen LogP contribution is 2.44. The van der Waals surface area contributed by atoms with Crippen LogP contribution in [0.15, 0.2) is 42.6 Å². The number of ether oxygens (including phenoxy) is 1. The van der Waals surface area contributed by atoms with Gasteiger partial charge >= 0.3 is 0 Å². The molecule has 32 heavy (non-hydrogen) atoms. The van der Waals surface area contributed by atoms with E-state index < -0.39 is 43.1 Å². The number of pyridine rings is 1. The Balaban J connectivity index is 1.52. The van der Waals surface area contributed by atoms with Gasteiger partial charge in [0.2, 0.25) is 5.95 Å². The first-order valence-corrected chi connectivity index (χ1v) is 11.6. The van der Waals surface area contributed by atoms with Gasteiger partial charge in [0, 0.05) is 26.9 Å². The van der Waals surface area contributed by atoms with Gasteiger partial charge in [-0.2, -0.15) is 4.39 Å². The Bertz CT molecular complexity index is 989. The molecule has 2 aromatic rings. The molecule has 7 atom stereocenters. The van der Waals surface area contributed by atoms with E-state index in [4.69, 9.17) is 16.3 Å². The van der Waals surface area contributed by atoms with E-state index in [1.54, 1.807) is 30.0 Å². The van der Waals surface area contributed by atoms with E-state index in [9.17, 15) is 24.8 Å². The van der Waals surface area contributed by atoms with Gasteiger partial charge in [0.1, 0.15) is 30.5 Å². The minimum Gasteiger partial charge on any atom is -0.394 e. The summed E-state index contributed by atoms with van der Waals surface area (Å²) in [6.45, 7) is 1.63. The minimum absolute atomic E-state index is 0.192. The van der Waals surface area contributed by atoms with Crippen molar-refractivity contribution in [2.24, 2.45) is 5.92 Å². The third-order valence-corrected chi connectivity index (χ3v) is 7.90. The van der Waals surface area contributed by atoms with Crippen molar-refractivity contribution in [3.63, 3.8) is 0 Å². The van der Waals surface area contributed by atoms with Crippen LogP contribution in [0, 0.1) is 11.9 Å². The van der Waals surface area contributed by atoms with Crippen LogP contribution in [-0.4, -0.2) is 61.7 Å². The zero-order valence-corrected chi connectivity index (χ0v) is 18.9. The van der Waals surface area contributed by atoms with Crippen molar-refractivity contribution in [2.45, 2.75) is 49.1 Å². The van der Waals surface area contributed by atoms with Crippen LogP contribution in [0.4, 0.5) is 4.39 Å². The average molecular weight is 482 g/mol. The Morgan fingerprint density at radius 3 is 2.59 bits per heavy atom. The normalized spacial score (nSPS) is 32.7. The third-order valence-electron chi connectivity index (χ3n) is 6.00. The second-order valence-corrected chi connectivity index (χ2v) is 9.91. The predicted octanol–water partition coefficient (Wildman–Crippen LogP) is 2.72. The second kappa shape index (κ2) is 9.77. The monoisotopic (exact) mass is 481 g/mol. The zero-order valence-electron chi connectivity index (χ0n) is 17.3. The molecule has 0 aliphatic carbocycles. The summed E-state index contributed by atoms with van der Waals surface area (Å²) in [6.07, 6.45) is -1.76. The molecule has 0 saturated carbocycles. The van der Waals surface area contributed by atoms with Crippen molar-refractivity contribution in [1.29, 1.82) is 0 Å². The van der Waals surface area contributed by atoms with Gasteiger partial charge < -0.3 is 25.2 Å². The molecule has 1 saturated heterocycles. The Labute approximate surface area is 194 Å². The lowest BCUT2D eigenvalue weighted by molar-refractivity contribution is -0.231. The maximum atomic E-state index is 13.1. The van der Waals surface area contributed by atoms with Crippen LogP contribution >= 0.6 is 23.4 Å². The first-order valence-electron chi connectivity index (χ1n) is 10.4. The molecule has 0 amide bonds. The molecule has 1 aromatic carbocycles. The molecule has 6 nitrogen and oxygen atoms in total. The molecule has 2 aliphatic heterocycles. The van der Waals surface area contributed by atoms with E-state index >= 15 is 0 Å². The summed E-state index contributed by atoms with van der Waals surface area (Å²) in [5.74, 6) is -0.272. The molecule has 3 heterocycles. The van der Waals surface area contributed by atoms with Crippen molar-refractivity contribution >= 4 is 28.3 Å². The van der Waals surface area contributed by atoms with E-state index in [-0.39, 0.29) is 11.2 Å². The first kappa shape index (κ1) is 23.6. The van der Waals surface area contributed by atoms with E-state index in [1.165, 1.54) is 12.3 Å². The summed E-state index contributed by atoms with van der Waals surface area (Å²) < 4.78 is 18.8. The molecular formula is C23H25ClFNO5S. The summed E-state index contributed by atoms with van der Waals surface area (Å²) >= 11 is 8.15. The van der Waals surface area contributed by atoms with Crippen molar-refractivity contribution in [3.05, 3.63) is 70.3 Å². The average Bonchev–Trinajstić information content (AvgIpc) is 3.14. The van der Waals surface area contributed by atoms with Crippen LogP contribution in [0.1, 0.15) is 29.7 Å². The fraction of sp³-hybridized carbons (Fsp3) is 0.435. The van der Waals surface area contributed by atoms with Crippen molar-refractivity contribution in [2.75, 3.05) is 6.61 Å². The quantitative estimate of drug-likeness (QED) is 0.487. The minimum atomic E-state index is -1.44.